The molecule has 0 unspecified atom stereocenters. The van der Waals surface area contributed by atoms with E-state index in [4.69, 9.17) is 14.2 Å². The molecule has 7 nitrogen and oxygen atoms in total. The second-order valence-corrected chi connectivity index (χ2v) is 10.0. The summed E-state index contributed by atoms with van der Waals surface area (Å²) in [6.07, 6.45) is 0.846. The maximum Gasteiger partial charge on any atom is 0.314 e. The van der Waals surface area contributed by atoms with E-state index in [0.717, 1.165) is 3.57 Å². The van der Waals surface area contributed by atoms with Crippen LogP contribution in [0.25, 0.3) is 0 Å². The van der Waals surface area contributed by atoms with Gasteiger partial charge in [0.2, 0.25) is 10.0 Å². The standard InChI is InChI=1S/C20H20INO6S/c21-15-2-1-3-16(12-15)28-20(23)14-6-8-22(9-7-14)29(24,25)17-4-5-18-19(13-17)27-11-10-26-18/h1-5,12-14H,6-11H2. The lowest BCUT2D eigenvalue weighted by Crippen LogP contribution is -2.41. The number of sulfonamides is 1. The highest BCUT2D eigenvalue weighted by molar-refractivity contribution is 14.1. The summed E-state index contributed by atoms with van der Waals surface area (Å²) in [5.74, 6) is 0.858. The average Bonchev–Trinajstić information content (AvgIpc) is 2.73. The SMILES string of the molecule is O=C(Oc1cccc(I)c1)C1CCN(S(=O)(=O)c2ccc3c(c2)OCCO3)CC1. The van der Waals surface area contributed by atoms with E-state index in [1.165, 1.54) is 16.4 Å². The van der Waals surface area contributed by atoms with Crippen molar-refractivity contribution in [2.75, 3.05) is 26.3 Å². The largest absolute Gasteiger partial charge is 0.486 e. The van der Waals surface area contributed by atoms with E-state index in [9.17, 15) is 13.2 Å². The molecule has 2 aliphatic rings. The molecule has 0 amide bonds. The summed E-state index contributed by atoms with van der Waals surface area (Å²) >= 11 is 2.16. The number of halogens is 1. The third-order valence-corrected chi connectivity index (χ3v) is 7.52. The Morgan fingerprint density at radius 3 is 2.48 bits per heavy atom. The van der Waals surface area contributed by atoms with Gasteiger partial charge in [-0.25, -0.2) is 8.42 Å². The minimum absolute atomic E-state index is 0.168. The van der Waals surface area contributed by atoms with Gasteiger partial charge < -0.3 is 14.2 Å². The molecule has 2 heterocycles. The first-order valence-electron chi connectivity index (χ1n) is 9.30. The number of carbonyl (C=O) groups excluding carboxylic acids is 1. The van der Waals surface area contributed by atoms with Crippen LogP contribution in [0.1, 0.15) is 12.8 Å². The summed E-state index contributed by atoms with van der Waals surface area (Å²) in [7, 11) is -3.66. The predicted octanol–water partition coefficient (Wildman–Crippen LogP) is 3.07. The Bertz CT molecular complexity index is 1020. The van der Waals surface area contributed by atoms with Crippen LogP contribution in [0.2, 0.25) is 0 Å². The van der Waals surface area contributed by atoms with Crippen molar-refractivity contribution >= 4 is 38.6 Å². The van der Waals surface area contributed by atoms with Gasteiger partial charge in [-0.05, 0) is 65.8 Å². The van der Waals surface area contributed by atoms with Crippen LogP contribution in [0.3, 0.4) is 0 Å². The molecule has 1 saturated heterocycles. The van der Waals surface area contributed by atoms with Crippen LogP contribution in [-0.4, -0.2) is 45.0 Å². The third kappa shape index (κ3) is 4.51. The van der Waals surface area contributed by atoms with Crippen molar-refractivity contribution in [2.45, 2.75) is 17.7 Å². The Labute approximate surface area is 183 Å². The number of ether oxygens (including phenoxy) is 3. The molecule has 1 fully saturated rings. The quantitative estimate of drug-likeness (QED) is 0.344. The molecular formula is C20H20INO6S. The first-order chi connectivity index (χ1) is 13.9. The summed E-state index contributed by atoms with van der Waals surface area (Å²) in [6, 6.07) is 11.9. The number of rotatable bonds is 4. The molecule has 0 spiro atoms. The molecule has 2 aliphatic heterocycles. The van der Waals surface area contributed by atoms with Gasteiger partial charge in [-0.3, -0.25) is 4.79 Å². The molecule has 29 heavy (non-hydrogen) atoms. The Morgan fingerprint density at radius 1 is 1.03 bits per heavy atom. The monoisotopic (exact) mass is 529 g/mol. The van der Waals surface area contributed by atoms with E-state index < -0.39 is 10.0 Å². The Balaban J connectivity index is 1.40. The number of piperidine rings is 1. The minimum Gasteiger partial charge on any atom is -0.486 e. The molecule has 0 aliphatic carbocycles. The van der Waals surface area contributed by atoms with Crippen LogP contribution in [-0.2, 0) is 14.8 Å². The second kappa shape index (κ2) is 8.49. The molecule has 9 heteroatoms. The van der Waals surface area contributed by atoms with Crippen LogP contribution in [0.4, 0.5) is 0 Å². The van der Waals surface area contributed by atoms with E-state index in [1.54, 1.807) is 18.2 Å². The molecule has 0 aromatic heterocycles. The normalized spacial score (nSPS) is 17.7. The maximum absolute atomic E-state index is 13.0. The molecule has 0 N–H and O–H groups in total. The highest BCUT2D eigenvalue weighted by Crippen LogP contribution is 2.34. The summed E-state index contributed by atoms with van der Waals surface area (Å²) in [5, 5.41) is 0. The third-order valence-electron chi connectivity index (χ3n) is 4.95. The fourth-order valence-electron chi connectivity index (χ4n) is 3.40. The fourth-order valence-corrected chi connectivity index (χ4v) is 5.40. The molecule has 0 radical (unpaired) electrons. The van der Waals surface area contributed by atoms with Crippen molar-refractivity contribution in [1.82, 2.24) is 4.31 Å². The Kier molecular flexibility index (Phi) is 5.98. The van der Waals surface area contributed by atoms with Crippen LogP contribution < -0.4 is 14.2 Å². The van der Waals surface area contributed by atoms with Gasteiger partial charge >= 0.3 is 5.97 Å². The van der Waals surface area contributed by atoms with Crippen molar-refractivity contribution in [3.05, 3.63) is 46.0 Å². The topological polar surface area (TPSA) is 82.1 Å². The van der Waals surface area contributed by atoms with Crippen LogP contribution in [0.15, 0.2) is 47.4 Å². The van der Waals surface area contributed by atoms with Crippen LogP contribution >= 0.6 is 22.6 Å². The number of benzene rings is 2. The number of hydrogen-bond acceptors (Lipinski definition) is 6. The Hall–Kier alpha value is -1.85. The van der Waals surface area contributed by atoms with Gasteiger partial charge in [-0.15, -0.1) is 0 Å². The summed E-state index contributed by atoms with van der Waals surface area (Å²) in [5.41, 5.74) is 0. The van der Waals surface area contributed by atoms with Crippen molar-refractivity contribution in [1.29, 1.82) is 0 Å². The summed E-state index contributed by atoms with van der Waals surface area (Å²) in [6.45, 7) is 1.38. The first-order valence-corrected chi connectivity index (χ1v) is 11.8. The zero-order valence-corrected chi connectivity index (χ0v) is 18.5. The number of carbonyl (C=O) groups is 1. The molecule has 154 valence electrons. The zero-order valence-electron chi connectivity index (χ0n) is 15.5. The zero-order chi connectivity index (χ0) is 20.4. The second-order valence-electron chi connectivity index (χ2n) is 6.86. The highest BCUT2D eigenvalue weighted by Gasteiger charge is 2.33. The number of nitrogens with zero attached hydrogens (tertiary/aromatic N) is 1. The van der Waals surface area contributed by atoms with Crippen molar-refractivity contribution in [3.63, 3.8) is 0 Å². The van der Waals surface area contributed by atoms with Gasteiger partial charge in [0.15, 0.2) is 11.5 Å². The molecule has 0 atom stereocenters. The molecule has 4 rings (SSSR count). The smallest absolute Gasteiger partial charge is 0.314 e. The first kappa shape index (κ1) is 20.4. The van der Waals surface area contributed by atoms with Crippen LogP contribution in [0, 0.1) is 9.49 Å². The molecular weight excluding hydrogens is 509 g/mol. The number of fused-ring (bicyclic) bond motifs is 1. The predicted molar refractivity (Wildman–Crippen MR) is 114 cm³/mol. The van der Waals surface area contributed by atoms with E-state index in [2.05, 4.69) is 22.6 Å². The van der Waals surface area contributed by atoms with Gasteiger partial charge in [0.1, 0.15) is 19.0 Å². The van der Waals surface area contributed by atoms with Crippen molar-refractivity contribution in [3.8, 4) is 17.2 Å². The molecule has 2 aromatic carbocycles. The van der Waals surface area contributed by atoms with Crippen LogP contribution in [0.5, 0.6) is 17.2 Å². The average molecular weight is 529 g/mol. The van der Waals surface area contributed by atoms with E-state index in [1.807, 2.05) is 12.1 Å². The van der Waals surface area contributed by atoms with E-state index in [0.29, 0.717) is 43.3 Å². The minimum atomic E-state index is -3.66. The summed E-state index contributed by atoms with van der Waals surface area (Å²) in [4.78, 5) is 12.6. The highest BCUT2D eigenvalue weighted by atomic mass is 127. The van der Waals surface area contributed by atoms with Gasteiger partial charge in [0.25, 0.3) is 0 Å². The maximum atomic E-state index is 13.0. The lowest BCUT2D eigenvalue weighted by atomic mass is 9.98. The van der Waals surface area contributed by atoms with Crippen molar-refractivity contribution in [2.24, 2.45) is 5.92 Å². The fraction of sp³-hybridized carbons (Fsp3) is 0.350. The number of esters is 1. The lowest BCUT2D eigenvalue weighted by molar-refractivity contribution is -0.140. The molecule has 0 saturated carbocycles. The lowest BCUT2D eigenvalue weighted by Gasteiger charge is -2.30. The Morgan fingerprint density at radius 2 is 1.76 bits per heavy atom. The number of hydrogen-bond donors (Lipinski definition) is 0. The molecule has 0 bridgehead atoms. The van der Waals surface area contributed by atoms with E-state index >= 15 is 0 Å². The van der Waals surface area contributed by atoms with E-state index in [-0.39, 0.29) is 29.9 Å². The summed E-state index contributed by atoms with van der Waals surface area (Å²) < 4.78 is 44.8. The van der Waals surface area contributed by atoms with Gasteiger partial charge in [-0.1, -0.05) is 6.07 Å². The van der Waals surface area contributed by atoms with Crippen molar-refractivity contribution < 1.29 is 27.4 Å². The van der Waals surface area contributed by atoms with Gasteiger partial charge in [0.05, 0.1) is 10.8 Å². The van der Waals surface area contributed by atoms with Gasteiger partial charge in [-0.2, -0.15) is 4.31 Å². The molecule has 2 aromatic rings. The van der Waals surface area contributed by atoms with Gasteiger partial charge in [0, 0.05) is 22.7 Å².